The Labute approximate surface area is 133 Å². The first kappa shape index (κ1) is 16.1. The number of fused-ring (bicyclic) bond motifs is 3. The molecule has 0 bridgehead atoms. The Hall–Kier alpha value is -2.77. The van der Waals surface area contributed by atoms with Crippen LogP contribution < -0.4 is 5.56 Å². The number of nitrogens with one attached hydrogen (secondary N) is 1. The molecule has 0 saturated heterocycles. The minimum atomic E-state index is -4.50. The van der Waals surface area contributed by atoms with Crippen LogP contribution in [-0.4, -0.2) is 20.5 Å². The third-order valence-electron chi connectivity index (χ3n) is 3.83. The van der Waals surface area contributed by atoms with Crippen molar-refractivity contribution in [1.29, 1.82) is 0 Å². The van der Waals surface area contributed by atoms with Crippen molar-refractivity contribution < 1.29 is 23.1 Å². The fourth-order valence-electron chi connectivity index (χ4n) is 2.75. The molecule has 3 rings (SSSR count). The topological polar surface area (TPSA) is 74.6 Å². The van der Waals surface area contributed by atoms with E-state index in [0.717, 1.165) is 12.1 Å². The highest BCUT2D eigenvalue weighted by molar-refractivity contribution is 5.79. The molecular weight excluding hydrogens is 325 g/mol. The van der Waals surface area contributed by atoms with E-state index < -0.39 is 23.3 Å². The van der Waals surface area contributed by atoms with Crippen molar-refractivity contribution >= 4 is 22.5 Å². The molecule has 0 aliphatic carbocycles. The lowest BCUT2D eigenvalue weighted by atomic mass is 10.1. The lowest BCUT2D eigenvalue weighted by molar-refractivity contribution is -0.138. The van der Waals surface area contributed by atoms with Crippen molar-refractivity contribution in [3.63, 3.8) is 0 Å². The minimum Gasteiger partial charge on any atom is -0.481 e. The van der Waals surface area contributed by atoms with Crippen LogP contribution in [-0.2, 0) is 17.4 Å². The van der Waals surface area contributed by atoms with E-state index in [1.807, 2.05) is 0 Å². The second-order valence-electron chi connectivity index (χ2n) is 5.48. The average Bonchev–Trinajstić information content (AvgIpc) is 2.90. The van der Waals surface area contributed by atoms with Gasteiger partial charge in [-0.3, -0.25) is 9.59 Å². The molecule has 0 spiro atoms. The minimum absolute atomic E-state index is 0.0213. The highest BCUT2D eigenvalue weighted by Crippen LogP contribution is 2.31. The fraction of sp³-hybridized carbons (Fsp3) is 0.250. The first-order valence-electron chi connectivity index (χ1n) is 7.23. The molecule has 0 radical (unpaired) electrons. The van der Waals surface area contributed by atoms with Crippen LogP contribution in [0.4, 0.5) is 13.2 Å². The second kappa shape index (κ2) is 5.70. The predicted octanol–water partition coefficient (Wildman–Crippen LogP) is 3.21. The number of nitrogens with zero attached hydrogens (tertiary/aromatic N) is 1. The number of alkyl halides is 3. The fourth-order valence-corrected chi connectivity index (χ4v) is 2.75. The van der Waals surface area contributed by atoms with Crippen molar-refractivity contribution in [3.05, 3.63) is 51.9 Å². The number of aliphatic carboxylic acids is 1. The van der Waals surface area contributed by atoms with Gasteiger partial charge in [0.05, 0.1) is 16.6 Å². The molecule has 0 aliphatic heterocycles. The molecule has 126 valence electrons. The zero-order valence-electron chi connectivity index (χ0n) is 12.4. The summed E-state index contributed by atoms with van der Waals surface area (Å²) in [6, 6.07) is 6.43. The Bertz CT molecular complexity index is 986. The smallest absolute Gasteiger partial charge is 0.416 e. The number of benzene rings is 1. The number of aromatic amines is 1. The number of rotatable bonds is 4. The van der Waals surface area contributed by atoms with Gasteiger partial charge >= 0.3 is 12.1 Å². The summed E-state index contributed by atoms with van der Waals surface area (Å²) >= 11 is 0. The van der Waals surface area contributed by atoms with E-state index in [9.17, 15) is 22.8 Å². The van der Waals surface area contributed by atoms with E-state index in [-0.39, 0.29) is 11.9 Å². The van der Waals surface area contributed by atoms with Gasteiger partial charge in [0.2, 0.25) is 0 Å². The van der Waals surface area contributed by atoms with Crippen molar-refractivity contribution in [1.82, 2.24) is 9.38 Å². The maximum absolute atomic E-state index is 12.8. The molecule has 2 aromatic heterocycles. The largest absolute Gasteiger partial charge is 0.481 e. The molecule has 0 aliphatic rings. The Morgan fingerprint density at radius 2 is 1.88 bits per heavy atom. The average molecular weight is 338 g/mol. The number of aromatic nitrogens is 2. The number of carboxylic acids is 1. The molecule has 5 nitrogen and oxygen atoms in total. The van der Waals surface area contributed by atoms with Crippen LogP contribution in [0.2, 0.25) is 0 Å². The highest BCUT2D eigenvalue weighted by atomic mass is 19.4. The van der Waals surface area contributed by atoms with Crippen LogP contribution in [0, 0.1) is 0 Å². The molecule has 1 aromatic carbocycles. The van der Waals surface area contributed by atoms with Crippen LogP contribution in [0.15, 0.2) is 35.1 Å². The first-order chi connectivity index (χ1) is 11.3. The van der Waals surface area contributed by atoms with Crippen molar-refractivity contribution in [2.24, 2.45) is 0 Å². The molecule has 0 fully saturated rings. The quantitative estimate of drug-likeness (QED) is 0.767. The zero-order chi connectivity index (χ0) is 17.5. The monoisotopic (exact) mass is 338 g/mol. The molecule has 2 heterocycles. The van der Waals surface area contributed by atoms with Gasteiger partial charge in [0.15, 0.2) is 0 Å². The Morgan fingerprint density at radius 1 is 1.17 bits per heavy atom. The zero-order valence-corrected chi connectivity index (χ0v) is 12.4. The third kappa shape index (κ3) is 2.86. The summed E-state index contributed by atoms with van der Waals surface area (Å²) in [5.74, 6) is -0.923. The molecule has 0 atom stereocenters. The summed E-state index contributed by atoms with van der Waals surface area (Å²) in [6.45, 7) is 0. The Kier molecular flexibility index (Phi) is 3.82. The van der Waals surface area contributed by atoms with Crippen molar-refractivity contribution in [2.75, 3.05) is 0 Å². The van der Waals surface area contributed by atoms with E-state index in [4.69, 9.17) is 5.11 Å². The Morgan fingerprint density at radius 3 is 2.54 bits per heavy atom. The number of H-pyrrole nitrogens is 1. The number of carboxylic acid groups (broad SMARTS) is 1. The molecule has 24 heavy (non-hydrogen) atoms. The first-order valence-corrected chi connectivity index (χ1v) is 7.23. The molecule has 0 unspecified atom stereocenters. The molecule has 3 aromatic rings. The van der Waals surface area contributed by atoms with Gasteiger partial charge in [-0.15, -0.1) is 0 Å². The van der Waals surface area contributed by atoms with Gasteiger partial charge in [-0.1, -0.05) is 0 Å². The normalized spacial score (nSPS) is 12.1. The summed E-state index contributed by atoms with van der Waals surface area (Å²) in [4.78, 5) is 25.2. The molecule has 0 amide bonds. The van der Waals surface area contributed by atoms with Crippen LogP contribution in [0.3, 0.4) is 0 Å². The van der Waals surface area contributed by atoms with Gasteiger partial charge in [-0.25, -0.2) is 0 Å². The molecule has 8 heteroatoms. The highest BCUT2D eigenvalue weighted by Gasteiger charge is 2.30. The maximum atomic E-state index is 12.8. The van der Waals surface area contributed by atoms with Gasteiger partial charge in [0.25, 0.3) is 5.56 Å². The third-order valence-corrected chi connectivity index (χ3v) is 3.83. The van der Waals surface area contributed by atoms with Crippen LogP contribution in [0.1, 0.15) is 24.1 Å². The summed E-state index contributed by atoms with van der Waals surface area (Å²) < 4.78 is 40.1. The molecule has 0 saturated carbocycles. The van der Waals surface area contributed by atoms with E-state index >= 15 is 0 Å². The summed E-state index contributed by atoms with van der Waals surface area (Å²) in [5.41, 5.74) is 0.177. The Balaban J connectivity index is 2.15. The standard InChI is InChI=1S/C16H13F3N2O3/c17-16(18,19)9-4-6-12-11(8-9)20-15(24)13-7-5-10(21(12)13)2-1-3-14(22)23/h4-8H,1-3H2,(H,20,24)(H,22,23). The number of carbonyl (C=O) groups is 1. The van der Waals surface area contributed by atoms with E-state index in [1.165, 1.54) is 6.07 Å². The lowest BCUT2D eigenvalue weighted by Gasteiger charge is -2.10. The van der Waals surface area contributed by atoms with Gasteiger partial charge in [0, 0.05) is 12.1 Å². The molecule has 2 N–H and O–H groups in total. The van der Waals surface area contributed by atoms with Gasteiger partial charge in [0.1, 0.15) is 5.52 Å². The predicted molar refractivity (Wildman–Crippen MR) is 81.1 cm³/mol. The summed E-state index contributed by atoms with van der Waals surface area (Å²) in [7, 11) is 0. The lowest BCUT2D eigenvalue weighted by Crippen LogP contribution is -2.12. The van der Waals surface area contributed by atoms with Crippen LogP contribution in [0.5, 0.6) is 0 Å². The SMILES string of the molecule is O=C(O)CCCc1ccc2c(=O)[nH]c3cc(C(F)(F)F)ccc3n12. The van der Waals surface area contributed by atoms with Gasteiger partial charge in [-0.2, -0.15) is 13.2 Å². The van der Waals surface area contributed by atoms with E-state index in [1.54, 1.807) is 16.5 Å². The van der Waals surface area contributed by atoms with Gasteiger partial charge < -0.3 is 14.5 Å². The second-order valence-corrected chi connectivity index (χ2v) is 5.48. The van der Waals surface area contributed by atoms with Crippen molar-refractivity contribution in [2.45, 2.75) is 25.4 Å². The number of aryl methyl sites for hydroxylation is 1. The number of halogens is 3. The molecular formula is C16H13F3N2O3. The maximum Gasteiger partial charge on any atom is 0.416 e. The van der Waals surface area contributed by atoms with Crippen molar-refractivity contribution in [3.8, 4) is 0 Å². The summed E-state index contributed by atoms with van der Waals surface area (Å²) in [5, 5.41) is 8.71. The van der Waals surface area contributed by atoms with Crippen LogP contribution >= 0.6 is 0 Å². The van der Waals surface area contributed by atoms with Crippen LogP contribution in [0.25, 0.3) is 16.6 Å². The number of hydrogen-bond donors (Lipinski definition) is 2. The number of hydrogen-bond acceptors (Lipinski definition) is 2. The van der Waals surface area contributed by atoms with Gasteiger partial charge in [-0.05, 0) is 43.2 Å². The summed E-state index contributed by atoms with van der Waals surface area (Å²) in [6.07, 6.45) is -3.75. The van der Waals surface area contributed by atoms with E-state index in [2.05, 4.69) is 4.98 Å². The van der Waals surface area contributed by atoms with E-state index in [0.29, 0.717) is 29.6 Å².